The molecule has 2 N–H and O–H groups in total. The average molecular weight is 628 g/mol. The summed E-state index contributed by atoms with van der Waals surface area (Å²) >= 11 is 0. The summed E-state index contributed by atoms with van der Waals surface area (Å²) in [4.78, 5) is 47.6. The lowest BCUT2D eigenvalue weighted by molar-refractivity contribution is 0.0508. The molecule has 0 bridgehead atoms. The van der Waals surface area contributed by atoms with Crippen LogP contribution in [0.25, 0.3) is 27.4 Å². The summed E-state index contributed by atoms with van der Waals surface area (Å²) in [7, 11) is 0. The van der Waals surface area contributed by atoms with Gasteiger partial charge in [0.05, 0.1) is 42.1 Å². The van der Waals surface area contributed by atoms with Crippen molar-refractivity contribution < 1.29 is 28.6 Å². The van der Waals surface area contributed by atoms with Gasteiger partial charge in [0.1, 0.15) is 22.4 Å². The van der Waals surface area contributed by atoms with Gasteiger partial charge in [-0.15, -0.1) is 0 Å². The van der Waals surface area contributed by atoms with Crippen molar-refractivity contribution in [2.45, 2.75) is 57.8 Å². The number of fused-ring (bicyclic) bond motifs is 3. The molecule has 3 aromatic carbocycles. The van der Waals surface area contributed by atoms with E-state index in [0.717, 1.165) is 16.8 Å². The molecule has 2 amide bonds. The monoisotopic (exact) mass is 627 g/mol. The van der Waals surface area contributed by atoms with Gasteiger partial charge in [0, 0.05) is 19.3 Å². The van der Waals surface area contributed by atoms with E-state index in [9.17, 15) is 19.5 Å². The molecule has 3 unspecified atom stereocenters. The zero-order valence-electron chi connectivity index (χ0n) is 25.9. The molecule has 1 fully saturated rings. The van der Waals surface area contributed by atoms with Crippen LogP contribution in [-0.4, -0.2) is 76.3 Å². The fourth-order valence-electron chi connectivity index (χ4n) is 6.47. The number of aliphatic hydroxyl groups is 1. The molecule has 1 aromatic heterocycles. The van der Waals surface area contributed by atoms with Crippen LogP contribution in [0.4, 0.5) is 14.9 Å². The second kappa shape index (κ2) is 10.8. The number of amides is 2. The molecule has 4 heterocycles. The third kappa shape index (κ3) is 4.93. The summed E-state index contributed by atoms with van der Waals surface area (Å²) in [6, 6.07) is 11.3. The number of pyridine rings is 1. The lowest BCUT2D eigenvalue weighted by atomic mass is 10.0. The van der Waals surface area contributed by atoms with Crippen LogP contribution in [0.2, 0.25) is 0 Å². The number of rotatable bonds is 4. The first-order chi connectivity index (χ1) is 21.9. The third-order valence-electron chi connectivity index (χ3n) is 8.69. The Morgan fingerprint density at radius 1 is 1.17 bits per heavy atom. The van der Waals surface area contributed by atoms with E-state index in [1.54, 1.807) is 37.2 Å². The maximum absolute atomic E-state index is 16.3. The molecule has 46 heavy (non-hydrogen) atoms. The van der Waals surface area contributed by atoms with Gasteiger partial charge >= 0.3 is 6.09 Å². The van der Waals surface area contributed by atoms with Crippen LogP contribution in [0.1, 0.15) is 44.5 Å². The van der Waals surface area contributed by atoms with Gasteiger partial charge in [-0.05, 0) is 63.1 Å². The number of anilines is 1. The maximum Gasteiger partial charge on any atom is 0.407 e. The number of aromatic nitrogens is 1. The van der Waals surface area contributed by atoms with Gasteiger partial charge in [-0.1, -0.05) is 24.3 Å². The molecule has 0 aliphatic carbocycles. The van der Waals surface area contributed by atoms with Gasteiger partial charge in [-0.3, -0.25) is 19.5 Å². The number of aliphatic hydroxyl groups excluding tert-OH is 1. The van der Waals surface area contributed by atoms with Gasteiger partial charge in [0.2, 0.25) is 5.43 Å². The Bertz CT molecular complexity index is 2020. The van der Waals surface area contributed by atoms with E-state index in [0.29, 0.717) is 36.5 Å². The number of nitrogens with one attached hydrogen (secondary N) is 1. The Hall–Kier alpha value is -4.97. The van der Waals surface area contributed by atoms with Crippen LogP contribution in [0.15, 0.2) is 58.4 Å². The lowest BCUT2D eigenvalue weighted by Crippen LogP contribution is -2.44. The molecule has 238 valence electrons. The van der Waals surface area contributed by atoms with E-state index in [2.05, 4.69) is 10.3 Å². The van der Waals surface area contributed by atoms with E-state index in [-0.39, 0.29) is 41.1 Å². The quantitative estimate of drug-likeness (QED) is 0.295. The zero-order valence-corrected chi connectivity index (χ0v) is 25.9. The van der Waals surface area contributed by atoms with Crippen LogP contribution < -0.4 is 20.4 Å². The predicted octanol–water partition coefficient (Wildman–Crippen LogP) is 4.73. The summed E-state index contributed by atoms with van der Waals surface area (Å²) in [5.74, 6) is -0.759. The van der Waals surface area contributed by atoms with Crippen LogP contribution in [0, 0.1) is 5.82 Å². The smallest absolute Gasteiger partial charge is 0.407 e. The highest BCUT2D eigenvalue weighted by atomic mass is 19.1. The number of carbonyl (C=O) groups is 2. The molecule has 1 saturated heterocycles. The third-order valence-corrected chi connectivity index (χ3v) is 8.69. The molecule has 3 atom stereocenters. The summed E-state index contributed by atoms with van der Waals surface area (Å²) < 4.78 is 29.9. The van der Waals surface area contributed by atoms with E-state index in [4.69, 9.17) is 9.47 Å². The maximum atomic E-state index is 16.3. The first kappa shape index (κ1) is 29.7. The van der Waals surface area contributed by atoms with Gasteiger partial charge in [-0.2, -0.15) is 0 Å². The van der Waals surface area contributed by atoms with Crippen LogP contribution in [-0.2, 0) is 4.74 Å². The van der Waals surface area contributed by atoms with Gasteiger partial charge < -0.3 is 29.4 Å². The van der Waals surface area contributed by atoms with Crippen LogP contribution in [0.3, 0.4) is 0 Å². The Morgan fingerprint density at radius 3 is 2.63 bits per heavy atom. The van der Waals surface area contributed by atoms with Crippen molar-refractivity contribution in [2.24, 2.45) is 4.99 Å². The predicted molar refractivity (Wildman–Crippen MR) is 172 cm³/mol. The first-order valence-electron chi connectivity index (χ1n) is 15.3. The number of hydrogen-bond donors (Lipinski definition) is 2. The molecule has 4 aromatic rings. The molecule has 7 rings (SSSR count). The zero-order chi connectivity index (χ0) is 32.5. The van der Waals surface area contributed by atoms with E-state index >= 15 is 4.39 Å². The highest BCUT2D eigenvalue weighted by molar-refractivity contribution is 6.05. The second-order valence-electron chi connectivity index (χ2n) is 13.0. The van der Waals surface area contributed by atoms with Crippen LogP contribution in [0.5, 0.6) is 11.5 Å². The normalized spacial score (nSPS) is 20.3. The highest BCUT2D eigenvalue weighted by Gasteiger charge is 2.37. The van der Waals surface area contributed by atoms with E-state index < -0.39 is 34.9 Å². The summed E-state index contributed by atoms with van der Waals surface area (Å²) in [6.45, 7) is 7.49. The molecule has 3 aliphatic heterocycles. The standard InChI is InChI=1S/C34H34FN5O6/c1-18-26(16-41)40(17-36-18)32(43)23-15-39-25-11-19-7-5-6-8-20(19)12-27(25)45-31-28(39)22(30(23)42)13-24(35)29(31)38-10-9-21(14-38)37-33(44)46-34(2,3)4/h5-8,11-13,15,17-18,21,26,41H,9-10,14,16H2,1-4H3,(H,37,44). The molecular formula is C34H34FN5O6. The molecule has 0 spiro atoms. The fraction of sp³-hybridized carbons (Fsp3) is 0.353. The first-order valence-corrected chi connectivity index (χ1v) is 15.3. The number of alkyl carbamates (subject to hydrolysis) is 1. The number of halogens is 1. The van der Waals surface area contributed by atoms with Crippen molar-refractivity contribution in [3.63, 3.8) is 0 Å². The van der Waals surface area contributed by atoms with Gasteiger partial charge in [0.15, 0.2) is 17.3 Å². The summed E-state index contributed by atoms with van der Waals surface area (Å²) in [5.41, 5.74) is -0.444. The van der Waals surface area contributed by atoms with Crippen molar-refractivity contribution in [3.8, 4) is 17.2 Å². The van der Waals surface area contributed by atoms with E-state index in [1.165, 1.54) is 17.4 Å². The highest BCUT2D eigenvalue weighted by Crippen LogP contribution is 2.48. The van der Waals surface area contributed by atoms with Crippen molar-refractivity contribution >= 4 is 45.7 Å². The second-order valence-corrected chi connectivity index (χ2v) is 13.0. The number of aliphatic imine (C=N–C) groups is 1. The molecule has 11 nitrogen and oxygen atoms in total. The minimum Gasteiger partial charge on any atom is -0.451 e. The minimum absolute atomic E-state index is 0.0201. The van der Waals surface area contributed by atoms with Crippen LogP contribution >= 0.6 is 0 Å². The summed E-state index contributed by atoms with van der Waals surface area (Å²) in [5, 5.41) is 14.6. The lowest BCUT2D eigenvalue weighted by Gasteiger charge is -2.30. The van der Waals surface area contributed by atoms with Gasteiger partial charge in [-0.25, -0.2) is 9.18 Å². The largest absolute Gasteiger partial charge is 0.451 e. The Kier molecular flexibility index (Phi) is 7.00. The fourth-order valence-corrected chi connectivity index (χ4v) is 6.47. The average Bonchev–Trinajstić information content (AvgIpc) is 3.61. The molecule has 3 aliphatic rings. The summed E-state index contributed by atoms with van der Waals surface area (Å²) in [6.07, 6.45) is 2.79. The number of ether oxygens (including phenoxy) is 2. The van der Waals surface area contributed by atoms with Crippen molar-refractivity contribution in [3.05, 3.63) is 70.3 Å². The van der Waals surface area contributed by atoms with E-state index in [1.807, 2.05) is 36.4 Å². The number of hydrogen-bond acceptors (Lipinski definition) is 8. The van der Waals surface area contributed by atoms with Crippen molar-refractivity contribution in [1.29, 1.82) is 0 Å². The number of carbonyl (C=O) groups excluding carboxylic acids is 2. The minimum atomic E-state index is -0.692. The molecule has 12 heteroatoms. The topological polar surface area (TPSA) is 126 Å². The molecule has 0 radical (unpaired) electrons. The van der Waals surface area contributed by atoms with Crippen molar-refractivity contribution in [2.75, 3.05) is 24.6 Å². The number of nitrogens with zero attached hydrogens (tertiary/aromatic N) is 4. The Labute approximate surface area is 263 Å². The van der Waals surface area contributed by atoms with Crippen molar-refractivity contribution in [1.82, 2.24) is 14.8 Å². The SMILES string of the molecule is CC1N=CN(C(=O)c2cn3c4c(c(N5CCC(NC(=O)OC(C)(C)C)C5)c(F)cc4c2=O)Oc2cc4ccccc4cc2-3)C1CO. The molecule has 0 saturated carbocycles. The Morgan fingerprint density at radius 2 is 1.91 bits per heavy atom. The number of benzene rings is 3. The van der Waals surface area contributed by atoms with Gasteiger partial charge in [0.25, 0.3) is 5.91 Å². The Balaban J connectivity index is 1.37. The molecular weight excluding hydrogens is 593 g/mol.